The second-order valence-corrected chi connectivity index (χ2v) is 5.73. The number of fused-ring (bicyclic) bond motifs is 1. The van der Waals surface area contributed by atoms with Gasteiger partial charge < -0.3 is 14.4 Å². The Morgan fingerprint density at radius 3 is 2.74 bits per heavy atom. The van der Waals surface area contributed by atoms with Gasteiger partial charge in [-0.2, -0.15) is 0 Å². The highest BCUT2D eigenvalue weighted by Crippen LogP contribution is 2.23. The number of pyridine rings is 1. The Bertz CT molecular complexity index is 691. The molecule has 1 aromatic carbocycles. The van der Waals surface area contributed by atoms with Gasteiger partial charge >= 0.3 is 0 Å². The highest BCUT2D eigenvalue weighted by Gasteiger charge is 2.16. The maximum absolute atomic E-state index is 12.2. The van der Waals surface area contributed by atoms with E-state index in [0.717, 1.165) is 22.0 Å². The van der Waals surface area contributed by atoms with Gasteiger partial charge in [0.05, 0.1) is 12.1 Å². The van der Waals surface area contributed by atoms with E-state index in [-0.39, 0.29) is 12.5 Å². The van der Waals surface area contributed by atoms with Crippen molar-refractivity contribution in [2.24, 2.45) is 0 Å². The summed E-state index contributed by atoms with van der Waals surface area (Å²) >= 11 is 6.30. The third-order valence-corrected chi connectivity index (χ3v) is 3.87. The van der Waals surface area contributed by atoms with Crippen LogP contribution in [-0.4, -0.2) is 49.8 Å². The van der Waals surface area contributed by atoms with Crippen LogP contribution in [-0.2, 0) is 20.8 Å². The van der Waals surface area contributed by atoms with Crippen LogP contribution in [0.3, 0.4) is 0 Å². The molecule has 0 unspecified atom stereocenters. The summed E-state index contributed by atoms with van der Waals surface area (Å²) < 4.78 is 10.0. The van der Waals surface area contributed by atoms with Crippen LogP contribution >= 0.6 is 11.6 Å². The van der Waals surface area contributed by atoms with Gasteiger partial charge in [-0.05, 0) is 24.6 Å². The van der Waals surface area contributed by atoms with Crippen molar-refractivity contribution in [1.29, 1.82) is 0 Å². The molecule has 0 radical (unpaired) electrons. The molecular formula is C17H21ClN2O3. The third-order valence-electron chi connectivity index (χ3n) is 3.55. The van der Waals surface area contributed by atoms with E-state index in [1.54, 1.807) is 12.0 Å². The largest absolute Gasteiger partial charge is 0.383 e. The van der Waals surface area contributed by atoms with Crippen LogP contribution in [0, 0.1) is 6.92 Å². The molecule has 0 N–H and O–H groups in total. The summed E-state index contributed by atoms with van der Waals surface area (Å²) in [7, 11) is 3.10. The van der Waals surface area contributed by atoms with Crippen molar-refractivity contribution in [1.82, 2.24) is 9.88 Å². The zero-order valence-corrected chi connectivity index (χ0v) is 14.4. The number of nitrogens with zero attached hydrogens (tertiary/aromatic N) is 2. The summed E-state index contributed by atoms with van der Waals surface area (Å²) in [5, 5.41) is 1.41. The number of aromatic nitrogens is 1. The van der Waals surface area contributed by atoms with E-state index in [4.69, 9.17) is 21.1 Å². The first-order valence-corrected chi connectivity index (χ1v) is 7.74. The molecule has 0 spiro atoms. The van der Waals surface area contributed by atoms with Crippen molar-refractivity contribution >= 4 is 28.4 Å². The number of amides is 1. The lowest BCUT2D eigenvalue weighted by molar-refractivity contribution is -0.136. The van der Waals surface area contributed by atoms with Crippen molar-refractivity contribution in [3.05, 3.63) is 40.5 Å². The fourth-order valence-electron chi connectivity index (χ4n) is 2.32. The van der Waals surface area contributed by atoms with E-state index in [1.807, 2.05) is 31.2 Å². The van der Waals surface area contributed by atoms with Gasteiger partial charge in [-0.3, -0.25) is 4.79 Å². The fourth-order valence-corrected chi connectivity index (χ4v) is 2.53. The maximum atomic E-state index is 12.2. The smallest absolute Gasteiger partial charge is 0.248 e. The quantitative estimate of drug-likeness (QED) is 0.730. The molecule has 0 atom stereocenters. The number of halogens is 1. The molecule has 2 aromatic rings. The molecule has 1 aromatic heterocycles. The summed E-state index contributed by atoms with van der Waals surface area (Å²) in [4.78, 5) is 18.3. The summed E-state index contributed by atoms with van der Waals surface area (Å²) in [6.45, 7) is 3.34. The first-order valence-electron chi connectivity index (χ1n) is 7.36. The van der Waals surface area contributed by atoms with Crippen LogP contribution in [0.25, 0.3) is 10.9 Å². The number of hydrogen-bond acceptors (Lipinski definition) is 4. The van der Waals surface area contributed by atoms with Crippen molar-refractivity contribution in [3.8, 4) is 0 Å². The summed E-state index contributed by atoms with van der Waals surface area (Å²) in [6, 6.07) is 8.00. The third kappa shape index (κ3) is 4.64. The van der Waals surface area contributed by atoms with Crippen molar-refractivity contribution in [2.75, 3.05) is 34.0 Å². The molecule has 2 rings (SSSR count). The topological polar surface area (TPSA) is 51.7 Å². The van der Waals surface area contributed by atoms with Gasteiger partial charge in [-0.25, -0.2) is 4.98 Å². The Morgan fingerprint density at radius 2 is 2.04 bits per heavy atom. The van der Waals surface area contributed by atoms with Crippen molar-refractivity contribution < 1.29 is 14.3 Å². The lowest BCUT2D eigenvalue weighted by atomic mass is 10.1. The summed E-state index contributed by atoms with van der Waals surface area (Å²) in [5.41, 5.74) is 2.79. The molecule has 1 amide bonds. The van der Waals surface area contributed by atoms with Gasteiger partial charge in [-0.15, -0.1) is 0 Å². The van der Waals surface area contributed by atoms with Gasteiger partial charge in [-0.1, -0.05) is 23.7 Å². The molecule has 0 aliphatic rings. The van der Waals surface area contributed by atoms with Crippen molar-refractivity contribution in [3.63, 3.8) is 0 Å². The van der Waals surface area contributed by atoms with Crippen LogP contribution in [0.4, 0.5) is 0 Å². The zero-order valence-electron chi connectivity index (χ0n) is 13.6. The highest BCUT2D eigenvalue weighted by molar-refractivity contribution is 6.30. The second-order valence-electron chi connectivity index (χ2n) is 5.38. The highest BCUT2D eigenvalue weighted by atomic mass is 35.5. The first-order chi connectivity index (χ1) is 11.0. The van der Waals surface area contributed by atoms with E-state index < -0.39 is 0 Å². The Hall–Kier alpha value is -1.69. The molecular weight excluding hydrogens is 316 g/mol. The Labute approximate surface area is 141 Å². The number of benzene rings is 1. The normalized spacial score (nSPS) is 11.0. The predicted octanol–water partition coefficient (Wildman–Crippen LogP) is 2.82. The number of methoxy groups -OCH3 is 2. The number of rotatable bonds is 7. The second kappa shape index (κ2) is 8.24. The van der Waals surface area contributed by atoms with Crippen LogP contribution < -0.4 is 0 Å². The van der Waals surface area contributed by atoms with Crippen molar-refractivity contribution in [2.45, 2.75) is 13.5 Å². The monoisotopic (exact) mass is 336 g/mol. The van der Waals surface area contributed by atoms with Gasteiger partial charge in [0.2, 0.25) is 5.91 Å². The van der Waals surface area contributed by atoms with E-state index in [1.165, 1.54) is 7.11 Å². The fraction of sp³-hybridized carbons (Fsp3) is 0.412. The molecule has 0 saturated heterocycles. The lowest BCUT2D eigenvalue weighted by Crippen LogP contribution is -2.36. The average molecular weight is 337 g/mol. The molecule has 0 fully saturated rings. The Morgan fingerprint density at radius 1 is 1.26 bits per heavy atom. The zero-order chi connectivity index (χ0) is 16.8. The summed E-state index contributed by atoms with van der Waals surface area (Å²) in [6.07, 6.45) is 0. The molecule has 0 bridgehead atoms. The molecule has 124 valence electrons. The van der Waals surface area contributed by atoms with E-state index in [0.29, 0.717) is 24.8 Å². The first kappa shape index (κ1) is 17.7. The molecule has 1 heterocycles. The van der Waals surface area contributed by atoms with Crippen LogP contribution in [0.2, 0.25) is 5.15 Å². The Balaban J connectivity index is 2.27. The molecule has 23 heavy (non-hydrogen) atoms. The van der Waals surface area contributed by atoms with Crippen LogP contribution in [0.15, 0.2) is 24.3 Å². The molecule has 0 saturated carbocycles. The molecule has 6 heteroatoms. The van der Waals surface area contributed by atoms with E-state index in [2.05, 4.69) is 4.98 Å². The maximum Gasteiger partial charge on any atom is 0.248 e. The molecule has 0 aliphatic heterocycles. The number of hydrogen-bond donors (Lipinski definition) is 0. The predicted molar refractivity (Wildman–Crippen MR) is 90.7 cm³/mol. The number of carbonyl (C=O) groups is 1. The Kier molecular flexibility index (Phi) is 6.33. The van der Waals surface area contributed by atoms with Gasteiger partial charge in [0.1, 0.15) is 11.8 Å². The SMILES string of the molecule is COCCN(Cc1cc2ccc(C)cc2nc1Cl)C(=O)COC. The van der Waals surface area contributed by atoms with Gasteiger partial charge in [0.15, 0.2) is 0 Å². The molecule has 0 aliphatic carbocycles. The minimum Gasteiger partial charge on any atom is -0.383 e. The van der Waals surface area contributed by atoms with Crippen LogP contribution in [0.5, 0.6) is 0 Å². The summed E-state index contributed by atoms with van der Waals surface area (Å²) in [5.74, 6) is -0.107. The van der Waals surface area contributed by atoms with Crippen LogP contribution in [0.1, 0.15) is 11.1 Å². The minimum absolute atomic E-state index is 0.0293. The number of aryl methyl sites for hydroxylation is 1. The standard InChI is InChI=1S/C17H21ClN2O3/c1-12-4-5-13-9-14(17(18)19-15(13)8-12)10-20(6-7-22-2)16(21)11-23-3/h4-5,8-9H,6-7,10-11H2,1-3H3. The van der Waals surface area contributed by atoms with E-state index >= 15 is 0 Å². The van der Waals surface area contributed by atoms with Gasteiger partial charge in [0.25, 0.3) is 0 Å². The minimum atomic E-state index is -0.107. The van der Waals surface area contributed by atoms with E-state index in [9.17, 15) is 4.79 Å². The number of ether oxygens (including phenoxy) is 2. The van der Waals surface area contributed by atoms with Gasteiger partial charge in [0, 0.05) is 38.3 Å². The molecule has 5 nitrogen and oxygen atoms in total. The lowest BCUT2D eigenvalue weighted by Gasteiger charge is -2.22. The number of carbonyl (C=O) groups excluding carboxylic acids is 1. The average Bonchev–Trinajstić information content (AvgIpc) is 2.52.